The Balaban J connectivity index is 3.87. The summed E-state index contributed by atoms with van der Waals surface area (Å²) in [4.78, 5) is 12.6. The van der Waals surface area contributed by atoms with Crippen LogP contribution < -0.4 is 5.32 Å². The third kappa shape index (κ3) is 33.8. The maximum atomic E-state index is 12.6. The van der Waals surface area contributed by atoms with Gasteiger partial charge in [-0.2, -0.15) is 8.42 Å². The highest BCUT2D eigenvalue weighted by atomic mass is 32.2. The molecule has 288 valence electrons. The number of aliphatic hydroxyl groups excluding tert-OH is 2. The molecule has 0 rings (SSSR count). The summed E-state index contributed by atoms with van der Waals surface area (Å²) < 4.78 is 32.5. The zero-order valence-electron chi connectivity index (χ0n) is 31.7. The predicted octanol–water partition coefficient (Wildman–Crippen LogP) is 11.0. The van der Waals surface area contributed by atoms with E-state index in [2.05, 4.69) is 19.2 Å². The van der Waals surface area contributed by atoms with Crippen LogP contribution in [0, 0.1) is 0 Å². The van der Waals surface area contributed by atoms with Crippen molar-refractivity contribution in [1.29, 1.82) is 0 Å². The van der Waals surface area contributed by atoms with Crippen molar-refractivity contribution in [2.75, 3.05) is 5.75 Å². The molecular formula is C40H81NO6S. The van der Waals surface area contributed by atoms with E-state index in [9.17, 15) is 28.0 Å². The van der Waals surface area contributed by atoms with E-state index in [0.29, 0.717) is 12.8 Å². The van der Waals surface area contributed by atoms with Gasteiger partial charge in [0.2, 0.25) is 5.91 Å². The Bertz CT molecular complexity index is 793. The van der Waals surface area contributed by atoms with Crippen molar-refractivity contribution < 1.29 is 28.0 Å². The smallest absolute Gasteiger partial charge is 0.266 e. The molecule has 1 amide bonds. The van der Waals surface area contributed by atoms with Crippen molar-refractivity contribution in [2.45, 2.75) is 244 Å². The lowest BCUT2D eigenvalue weighted by Crippen LogP contribution is -2.50. The van der Waals surface area contributed by atoms with Crippen molar-refractivity contribution in [2.24, 2.45) is 0 Å². The Morgan fingerprint density at radius 2 is 0.750 bits per heavy atom. The van der Waals surface area contributed by atoms with Gasteiger partial charge in [-0.1, -0.05) is 213 Å². The molecule has 0 aliphatic rings. The molecule has 0 aliphatic heterocycles. The summed E-state index contributed by atoms with van der Waals surface area (Å²) in [5, 5.41) is 23.5. The summed E-state index contributed by atoms with van der Waals surface area (Å²) >= 11 is 0. The summed E-state index contributed by atoms with van der Waals surface area (Å²) in [6, 6.07) is -1.14. The van der Waals surface area contributed by atoms with Gasteiger partial charge in [-0.05, 0) is 12.8 Å². The molecule has 3 unspecified atom stereocenters. The number of carbonyl (C=O) groups excluding carboxylic acids is 1. The number of rotatable bonds is 38. The molecule has 0 aromatic heterocycles. The van der Waals surface area contributed by atoms with E-state index in [4.69, 9.17) is 0 Å². The van der Waals surface area contributed by atoms with Crippen LogP contribution in [-0.2, 0) is 14.9 Å². The molecule has 0 spiro atoms. The molecular weight excluding hydrogens is 623 g/mol. The Kier molecular flexibility index (Phi) is 34.2. The molecule has 8 heteroatoms. The molecule has 4 N–H and O–H groups in total. The van der Waals surface area contributed by atoms with Gasteiger partial charge in [-0.25, -0.2) is 0 Å². The largest absolute Gasteiger partial charge is 0.391 e. The zero-order chi connectivity index (χ0) is 35.6. The number of unbranched alkanes of at least 4 members (excludes halogenated alkanes) is 29. The lowest BCUT2D eigenvalue weighted by Gasteiger charge is -2.24. The van der Waals surface area contributed by atoms with Crippen LogP contribution in [0.5, 0.6) is 0 Å². The number of hydrogen-bond acceptors (Lipinski definition) is 5. The minimum Gasteiger partial charge on any atom is -0.391 e. The molecule has 0 saturated carbocycles. The summed E-state index contributed by atoms with van der Waals surface area (Å²) in [5.41, 5.74) is 0. The van der Waals surface area contributed by atoms with Crippen molar-refractivity contribution in [3.05, 3.63) is 0 Å². The number of carbonyl (C=O) groups is 1. The van der Waals surface area contributed by atoms with Crippen LogP contribution in [0.2, 0.25) is 0 Å². The van der Waals surface area contributed by atoms with E-state index >= 15 is 0 Å². The van der Waals surface area contributed by atoms with Gasteiger partial charge in [0.05, 0.1) is 17.9 Å². The summed E-state index contributed by atoms with van der Waals surface area (Å²) in [6.45, 7) is 4.49. The highest BCUT2D eigenvalue weighted by Gasteiger charge is 2.28. The Morgan fingerprint density at radius 1 is 0.479 bits per heavy atom. The standard InChI is InChI=1S/C40H81NO6S/c1-3-5-7-9-11-13-15-16-17-18-19-20-21-22-23-24-25-27-28-30-32-34-38(42)37(36-48(45,46)47)41-40(44)39(43)35-33-31-29-26-14-12-10-8-6-4-2/h37-39,42-43H,3-36H2,1-2H3,(H,41,44)(H,45,46,47). The molecule has 0 heterocycles. The second-order valence-electron chi connectivity index (χ2n) is 14.8. The van der Waals surface area contributed by atoms with E-state index in [1.165, 1.54) is 148 Å². The fourth-order valence-corrected chi connectivity index (χ4v) is 7.46. The first-order chi connectivity index (χ1) is 23.2. The average Bonchev–Trinajstić information content (AvgIpc) is 3.05. The van der Waals surface area contributed by atoms with Crippen LogP contribution in [0.15, 0.2) is 0 Å². The molecule has 0 bridgehead atoms. The van der Waals surface area contributed by atoms with Crippen LogP contribution in [0.4, 0.5) is 0 Å². The van der Waals surface area contributed by atoms with Gasteiger partial charge < -0.3 is 15.5 Å². The summed E-state index contributed by atoms with van der Waals surface area (Å²) in [6.07, 6.45) is 37.0. The predicted molar refractivity (Wildman–Crippen MR) is 204 cm³/mol. The van der Waals surface area contributed by atoms with Gasteiger partial charge in [-0.3, -0.25) is 9.35 Å². The third-order valence-electron chi connectivity index (χ3n) is 9.92. The average molecular weight is 704 g/mol. The number of nitrogens with one attached hydrogen (secondary N) is 1. The number of amides is 1. The van der Waals surface area contributed by atoms with Gasteiger partial charge >= 0.3 is 0 Å². The number of aliphatic hydroxyl groups is 2. The molecule has 0 aromatic carbocycles. The monoisotopic (exact) mass is 704 g/mol. The molecule has 48 heavy (non-hydrogen) atoms. The Morgan fingerprint density at radius 3 is 1.04 bits per heavy atom. The van der Waals surface area contributed by atoms with Crippen molar-refractivity contribution in [3.63, 3.8) is 0 Å². The second kappa shape index (κ2) is 34.7. The second-order valence-corrected chi connectivity index (χ2v) is 16.3. The van der Waals surface area contributed by atoms with E-state index in [-0.39, 0.29) is 0 Å². The lowest BCUT2D eigenvalue weighted by molar-refractivity contribution is -0.131. The van der Waals surface area contributed by atoms with Crippen LogP contribution >= 0.6 is 0 Å². The Labute approximate surface area is 298 Å². The van der Waals surface area contributed by atoms with Crippen molar-refractivity contribution in [3.8, 4) is 0 Å². The van der Waals surface area contributed by atoms with E-state index in [1.54, 1.807) is 0 Å². The van der Waals surface area contributed by atoms with E-state index in [0.717, 1.165) is 51.4 Å². The first-order valence-electron chi connectivity index (χ1n) is 20.8. The molecule has 0 radical (unpaired) electrons. The minimum atomic E-state index is -4.40. The lowest BCUT2D eigenvalue weighted by atomic mass is 10.0. The van der Waals surface area contributed by atoms with Crippen LogP contribution in [0.25, 0.3) is 0 Å². The van der Waals surface area contributed by atoms with Crippen LogP contribution in [-0.4, -0.2) is 53.1 Å². The quantitative estimate of drug-likeness (QED) is 0.0375. The van der Waals surface area contributed by atoms with Crippen molar-refractivity contribution in [1.82, 2.24) is 5.32 Å². The highest BCUT2D eigenvalue weighted by molar-refractivity contribution is 7.85. The van der Waals surface area contributed by atoms with E-state index < -0.39 is 40.0 Å². The van der Waals surface area contributed by atoms with Gasteiger partial charge in [0.1, 0.15) is 6.10 Å². The first kappa shape index (κ1) is 47.3. The van der Waals surface area contributed by atoms with E-state index in [1.807, 2.05) is 0 Å². The van der Waals surface area contributed by atoms with Crippen LogP contribution in [0.3, 0.4) is 0 Å². The molecule has 3 atom stereocenters. The normalized spacial score (nSPS) is 13.9. The zero-order valence-corrected chi connectivity index (χ0v) is 32.6. The van der Waals surface area contributed by atoms with Gasteiger partial charge in [-0.15, -0.1) is 0 Å². The van der Waals surface area contributed by atoms with Crippen LogP contribution in [0.1, 0.15) is 226 Å². The maximum Gasteiger partial charge on any atom is 0.266 e. The first-order valence-corrected chi connectivity index (χ1v) is 22.4. The molecule has 0 fully saturated rings. The van der Waals surface area contributed by atoms with Crippen molar-refractivity contribution >= 4 is 16.0 Å². The molecule has 0 saturated heterocycles. The maximum absolute atomic E-state index is 12.6. The molecule has 7 nitrogen and oxygen atoms in total. The summed E-state index contributed by atoms with van der Waals surface area (Å²) in [5.74, 6) is -1.44. The Hall–Kier alpha value is -0.700. The third-order valence-corrected chi connectivity index (χ3v) is 10.7. The molecule has 0 aliphatic carbocycles. The summed E-state index contributed by atoms with van der Waals surface area (Å²) in [7, 11) is -4.40. The SMILES string of the molecule is CCCCCCCCCCCCCCCCCCCCCCCC(O)C(CS(=O)(=O)O)NC(=O)C(O)CCCCCCCCCCCC. The van der Waals surface area contributed by atoms with Gasteiger partial charge in [0, 0.05) is 0 Å². The number of hydrogen-bond donors (Lipinski definition) is 4. The molecule has 0 aromatic rings. The fourth-order valence-electron chi connectivity index (χ4n) is 6.70. The van der Waals surface area contributed by atoms with Gasteiger partial charge in [0.15, 0.2) is 0 Å². The van der Waals surface area contributed by atoms with Gasteiger partial charge in [0.25, 0.3) is 10.1 Å². The topological polar surface area (TPSA) is 124 Å². The highest BCUT2D eigenvalue weighted by Crippen LogP contribution is 2.17. The minimum absolute atomic E-state index is 0.302. The fraction of sp³-hybridized carbons (Fsp3) is 0.975.